The van der Waals surface area contributed by atoms with Crippen molar-refractivity contribution >= 4 is 5.91 Å². The summed E-state index contributed by atoms with van der Waals surface area (Å²) < 4.78 is 28.2. The standard InChI is InChI=1S/C25H31NO8/c1-14(27)26-10-9-15-5-7-17(12-18(15)16-6-8-19-20(11-16)32-13-31-19)33-24-22(29)21(28)23(30-4)25(2,3)34-24/h5-8,11-12,21-24,28-29H,9-10,13H2,1-4H3,(H,26,27)/t21-,22+,23?,24-/m0/s1. The molecule has 0 spiro atoms. The summed E-state index contributed by atoms with van der Waals surface area (Å²) in [6, 6.07) is 11.2. The van der Waals surface area contributed by atoms with Gasteiger partial charge in [0, 0.05) is 20.6 Å². The number of hydrogen-bond acceptors (Lipinski definition) is 8. The van der Waals surface area contributed by atoms with Gasteiger partial charge in [-0.3, -0.25) is 4.79 Å². The maximum atomic E-state index is 11.3. The van der Waals surface area contributed by atoms with Crippen LogP contribution in [0.1, 0.15) is 26.3 Å². The second-order valence-electron chi connectivity index (χ2n) is 8.96. The zero-order valence-corrected chi connectivity index (χ0v) is 19.7. The minimum atomic E-state index is -1.30. The molecule has 2 aromatic carbocycles. The van der Waals surface area contributed by atoms with Crippen LogP contribution >= 0.6 is 0 Å². The van der Waals surface area contributed by atoms with Crippen molar-refractivity contribution in [2.24, 2.45) is 0 Å². The number of carbonyl (C=O) groups excluding carboxylic acids is 1. The number of ether oxygens (including phenoxy) is 5. The number of methoxy groups -OCH3 is 1. The van der Waals surface area contributed by atoms with Crippen LogP contribution in [0.4, 0.5) is 0 Å². The van der Waals surface area contributed by atoms with Crippen molar-refractivity contribution in [3.05, 3.63) is 42.0 Å². The Morgan fingerprint density at radius 3 is 2.62 bits per heavy atom. The number of fused-ring (bicyclic) bond motifs is 1. The van der Waals surface area contributed by atoms with Gasteiger partial charge in [-0.05, 0) is 61.2 Å². The highest BCUT2D eigenvalue weighted by molar-refractivity contribution is 5.74. The minimum absolute atomic E-state index is 0.0939. The number of carbonyl (C=O) groups is 1. The fourth-order valence-corrected chi connectivity index (χ4v) is 4.39. The average Bonchev–Trinajstić information content (AvgIpc) is 3.26. The summed E-state index contributed by atoms with van der Waals surface area (Å²) in [5.74, 6) is 1.69. The van der Waals surface area contributed by atoms with E-state index in [-0.39, 0.29) is 12.7 Å². The first kappa shape index (κ1) is 24.3. The van der Waals surface area contributed by atoms with E-state index in [0.717, 1.165) is 16.7 Å². The molecule has 2 heterocycles. The fourth-order valence-electron chi connectivity index (χ4n) is 4.39. The Morgan fingerprint density at radius 1 is 1.12 bits per heavy atom. The molecule has 1 unspecified atom stereocenters. The molecule has 1 saturated heterocycles. The SMILES string of the molecule is COC1[C@@H](O)[C@@H](O)[C@@H](Oc2ccc(CCNC(C)=O)c(-c3ccc4c(c3)OCO4)c2)OC1(C)C. The lowest BCUT2D eigenvalue weighted by Crippen LogP contribution is -2.63. The number of rotatable bonds is 7. The van der Waals surface area contributed by atoms with Crippen molar-refractivity contribution in [2.45, 2.75) is 57.4 Å². The lowest BCUT2D eigenvalue weighted by molar-refractivity contribution is -0.305. The highest BCUT2D eigenvalue weighted by atomic mass is 16.7. The third-order valence-corrected chi connectivity index (χ3v) is 6.08. The molecule has 4 rings (SSSR count). The molecule has 4 atom stereocenters. The molecule has 0 aromatic heterocycles. The Hall–Kier alpha value is -2.85. The van der Waals surface area contributed by atoms with Gasteiger partial charge >= 0.3 is 0 Å². The van der Waals surface area contributed by atoms with E-state index in [0.29, 0.717) is 30.2 Å². The van der Waals surface area contributed by atoms with Crippen molar-refractivity contribution in [1.29, 1.82) is 0 Å². The second-order valence-corrected chi connectivity index (χ2v) is 8.96. The van der Waals surface area contributed by atoms with Crippen LogP contribution < -0.4 is 19.5 Å². The monoisotopic (exact) mass is 473 g/mol. The van der Waals surface area contributed by atoms with Crippen molar-refractivity contribution < 1.29 is 38.7 Å². The van der Waals surface area contributed by atoms with Crippen LogP contribution in [0.3, 0.4) is 0 Å². The third-order valence-electron chi connectivity index (χ3n) is 6.08. The van der Waals surface area contributed by atoms with Gasteiger partial charge in [-0.2, -0.15) is 0 Å². The number of nitrogens with one attached hydrogen (secondary N) is 1. The van der Waals surface area contributed by atoms with Crippen molar-refractivity contribution in [3.63, 3.8) is 0 Å². The van der Waals surface area contributed by atoms with Crippen molar-refractivity contribution in [3.8, 4) is 28.4 Å². The first-order valence-electron chi connectivity index (χ1n) is 11.2. The van der Waals surface area contributed by atoms with Crippen LogP contribution in [0, 0.1) is 0 Å². The Bertz CT molecular complexity index is 1040. The van der Waals surface area contributed by atoms with Gasteiger partial charge in [0.2, 0.25) is 19.0 Å². The van der Waals surface area contributed by atoms with Gasteiger partial charge in [0.05, 0.1) is 5.60 Å². The molecule has 3 N–H and O–H groups in total. The molecule has 1 fully saturated rings. The van der Waals surface area contributed by atoms with Gasteiger partial charge in [-0.25, -0.2) is 0 Å². The Morgan fingerprint density at radius 2 is 1.88 bits per heavy atom. The molecule has 0 aliphatic carbocycles. The zero-order chi connectivity index (χ0) is 24.5. The van der Waals surface area contributed by atoms with E-state index in [9.17, 15) is 15.0 Å². The molecule has 0 saturated carbocycles. The number of hydrogen-bond donors (Lipinski definition) is 3. The normalized spacial score (nSPS) is 25.1. The van der Waals surface area contributed by atoms with Gasteiger partial charge < -0.3 is 39.2 Å². The van der Waals surface area contributed by atoms with Gasteiger partial charge in [-0.15, -0.1) is 0 Å². The summed E-state index contributed by atoms with van der Waals surface area (Å²) in [5, 5.41) is 23.9. The summed E-state index contributed by atoms with van der Waals surface area (Å²) in [6.45, 7) is 5.69. The van der Waals surface area contributed by atoms with Crippen molar-refractivity contribution in [2.75, 3.05) is 20.4 Å². The van der Waals surface area contributed by atoms with E-state index >= 15 is 0 Å². The summed E-state index contributed by atoms with van der Waals surface area (Å²) in [4.78, 5) is 11.3. The zero-order valence-electron chi connectivity index (χ0n) is 19.7. The Labute approximate surface area is 198 Å². The predicted molar refractivity (Wildman–Crippen MR) is 123 cm³/mol. The van der Waals surface area contributed by atoms with Crippen LogP contribution in [0.15, 0.2) is 36.4 Å². The fraction of sp³-hybridized carbons (Fsp3) is 0.480. The van der Waals surface area contributed by atoms with E-state index < -0.39 is 30.2 Å². The lowest BCUT2D eigenvalue weighted by Gasteiger charge is -2.46. The largest absolute Gasteiger partial charge is 0.462 e. The van der Waals surface area contributed by atoms with Crippen LogP contribution in [-0.4, -0.2) is 66.8 Å². The number of aliphatic hydroxyl groups is 2. The molecule has 1 amide bonds. The molecule has 9 nitrogen and oxygen atoms in total. The average molecular weight is 474 g/mol. The Balaban J connectivity index is 1.62. The molecular formula is C25H31NO8. The lowest BCUT2D eigenvalue weighted by atomic mass is 9.89. The van der Waals surface area contributed by atoms with Gasteiger partial charge in [-0.1, -0.05) is 12.1 Å². The second kappa shape index (κ2) is 9.79. The quantitative estimate of drug-likeness (QED) is 0.559. The van der Waals surface area contributed by atoms with E-state index in [4.69, 9.17) is 23.7 Å². The van der Waals surface area contributed by atoms with Gasteiger partial charge in [0.25, 0.3) is 0 Å². The van der Waals surface area contributed by atoms with Crippen LogP contribution in [0.2, 0.25) is 0 Å². The molecule has 2 aliphatic rings. The number of aliphatic hydroxyl groups excluding tert-OH is 2. The van der Waals surface area contributed by atoms with Crippen LogP contribution in [0.5, 0.6) is 17.2 Å². The van der Waals surface area contributed by atoms with E-state index in [1.54, 1.807) is 19.9 Å². The summed E-state index contributed by atoms with van der Waals surface area (Å²) in [5.41, 5.74) is 1.87. The van der Waals surface area contributed by atoms with E-state index in [1.807, 2.05) is 30.3 Å². The molecule has 34 heavy (non-hydrogen) atoms. The highest BCUT2D eigenvalue weighted by Crippen LogP contribution is 2.39. The maximum Gasteiger partial charge on any atom is 0.231 e. The maximum absolute atomic E-state index is 11.3. The van der Waals surface area contributed by atoms with E-state index in [2.05, 4.69) is 5.32 Å². The first-order valence-corrected chi connectivity index (χ1v) is 11.2. The van der Waals surface area contributed by atoms with Crippen LogP contribution in [-0.2, 0) is 20.7 Å². The highest BCUT2D eigenvalue weighted by Gasteiger charge is 2.50. The molecule has 2 aromatic rings. The Kier molecular flexibility index (Phi) is 6.99. The number of benzene rings is 2. The molecule has 184 valence electrons. The van der Waals surface area contributed by atoms with Crippen LogP contribution in [0.25, 0.3) is 11.1 Å². The molecule has 0 bridgehead atoms. The van der Waals surface area contributed by atoms with Crippen molar-refractivity contribution in [1.82, 2.24) is 5.32 Å². The summed E-state index contributed by atoms with van der Waals surface area (Å²) >= 11 is 0. The first-order chi connectivity index (χ1) is 16.2. The molecule has 9 heteroatoms. The summed E-state index contributed by atoms with van der Waals surface area (Å²) in [7, 11) is 1.46. The van der Waals surface area contributed by atoms with E-state index in [1.165, 1.54) is 14.0 Å². The smallest absolute Gasteiger partial charge is 0.231 e. The topological polar surface area (TPSA) is 116 Å². The molecule has 2 aliphatic heterocycles. The van der Waals surface area contributed by atoms with Gasteiger partial charge in [0.15, 0.2) is 11.5 Å². The number of amides is 1. The third kappa shape index (κ3) is 4.97. The molecular weight excluding hydrogens is 442 g/mol. The predicted octanol–water partition coefficient (Wildman–Crippen LogP) is 2.01. The molecule has 0 radical (unpaired) electrons. The van der Waals surface area contributed by atoms with Gasteiger partial charge in [0.1, 0.15) is 24.1 Å². The summed E-state index contributed by atoms with van der Waals surface area (Å²) in [6.07, 6.45) is -3.67. The minimum Gasteiger partial charge on any atom is -0.462 e.